The van der Waals surface area contributed by atoms with Gasteiger partial charge in [-0.1, -0.05) is 162 Å². The minimum atomic E-state index is -0.0932. The zero-order chi connectivity index (χ0) is 24.0. The highest BCUT2D eigenvalue weighted by molar-refractivity contribution is 6.23. The number of hydrogen-bond donors (Lipinski definition) is 1. The van der Waals surface area contributed by atoms with Gasteiger partial charge in [-0.15, -0.1) is 11.6 Å². The molecule has 0 aromatic carbocycles. The minimum absolute atomic E-state index is 0. The van der Waals surface area contributed by atoms with Gasteiger partial charge in [0.1, 0.15) is 0 Å². The largest absolute Gasteiger partial charge is 0.344 e. The van der Waals surface area contributed by atoms with E-state index in [0.717, 1.165) is 0 Å². The van der Waals surface area contributed by atoms with E-state index in [-0.39, 0.29) is 16.4 Å². The van der Waals surface area contributed by atoms with Crippen LogP contribution in [0, 0.1) is 5.41 Å². The maximum atomic E-state index is 6.91. The standard InChI is InChI=1S/C31H63Cl.H3N/c1-6-8-10-12-14-16-18-19-21-23-25-27-29-31(5,30(3,4)32)28-26-24-22-20-17-15-13-11-9-7-2;/h6-29H2,1-5H3;1H3. The molecular formula is C31H66ClN. The van der Waals surface area contributed by atoms with E-state index in [1.54, 1.807) is 0 Å². The number of hydrogen-bond acceptors (Lipinski definition) is 1. The first-order valence-electron chi connectivity index (χ1n) is 15.1. The highest BCUT2D eigenvalue weighted by Gasteiger charge is 2.38. The van der Waals surface area contributed by atoms with Gasteiger partial charge in [-0.2, -0.15) is 0 Å². The zero-order valence-corrected chi connectivity index (χ0v) is 24.8. The summed E-state index contributed by atoms with van der Waals surface area (Å²) in [6, 6.07) is 0. The first-order chi connectivity index (χ1) is 15.4. The summed E-state index contributed by atoms with van der Waals surface area (Å²) < 4.78 is 0. The molecule has 0 aromatic rings. The molecule has 0 saturated carbocycles. The summed E-state index contributed by atoms with van der Waals surface area (Å²) in [5.41, 5.74) is 0.285. The van der Waals surface area contributed by atoms with Gasteiger partial charge in [-0.05, 0) is 32.1 Å². The lowest BCUT2D eigenvalue weighted by atomic mass is 9.71. The van der Waals surface area contributed by atoms with Crippen molar-refractivity contribution in [3.63, 3.8) is 0 Å². The third kappa shape index (κ3) is 21.3. The van der Waals surface area contributed by atoms with Gasteiger partial charge in [-0.25, -0.2) is 0 Å². The van der Waals surface area contributed by atoms with Gasteiger partial charge in [0.2, 0.25) is 0 Å². The lowest BCUT2D eigenvalue weighted by molar-refractivity contribution is 0.189. The van der Waals surface area contributed by atoms with Crippen molar-refractivity contribution in [2.75, 3.05) is 0 Å². The van der Waals surface area contributed by atoms with Gasteiger partial charge in [0, 0.05) is 4.87 Å². The van der Waals surface area contributed by atoms with E-state index in [4.69, 9.17) is 11.6 Å². The Morgan fingerprint density at radius 1 is 0.394 bits per heavy atom. The topological polar surface area (TPSA) is 35.0 Å². The molecule has 0 rings (SSSR count). The van der Waals surface area contributed by atoms with Gasteiger partial charge in [0.15, 0.2) is 0 Å². The molecule has 0 amide bonds. The minimum Gasteiger partial charge on any atom is -0.344 e. The van der Waals surface area contributed by atoms with Gasteiger partial charge in [0.05, 0.1) is 0 Å². The van der Waals surface area contributed by atoms with Gasteiger partial charge in [0.25, 0.3) is 0 Å². The number of alkyl halides is 1. The van der Waals surface area contributed by atoms with Crippen LogP contribution in [0.5, 0.6) is 0 Å². The van der Waals surface area contributed by atoms with Crippen LogP contribution in [0.4, 0.5) is 0 Å². The Hall–Kier alpha value is 0.250. The maximum absolute atomic E-state index is 6.91. The van der Waals surface area contributed by atoms with Crippen LogP contribution in [0.2, 0.25) is 0 Å². The predicted molar refractivity (Wildman–Crippen MR) is 155 cm³/mol. The molecule has 0 aromatic heterocycles. The van der Waals surface area contributed by atoms with Crippen molar-refractivity contribution in [2.24, 2.45) is 5.41 Å². The Labute approximate surface area is 216 Å². The van der Waals surface area contributed by atoms with Crippen molar-refractivity contribution in [1.82, 2.24) is 6.15 Å². The summed E-state index contributed by atoms with van der Waals surface area (Å²) in [7, 11) is 0. The summed E-state index contributed by atoms with van der Waals surface area (Å²) in [5.74, 6) is 0. The van der Waals surface area contributed by atoms with Crippen LogP contribution < -0.4 is 6.15 Å². The second-order valence-electron chi connectivity index (χ2n) is 11.6. The number of halogens is 1. The van der Waals surface area contributed by atoms with E-state index in [9.17, 15) is 0 Å². The molecule has 33 heavy (non-hydrogen) atoms. The third-order valence-corrected chi connectivity index (χ3v) is 8.56. The molecule has 1 unspecified atom stereocenters. The average molecular weight is 488 g/mol. The molecule has 202 valence electrons. The molecule has 3 N–H and O–H groups in total. The predicted octanol–water partition coefficient (Wildman–Crippen LogP) is 12.6. The van der Waals surface area contributed by atoms with E-state index in [0.29, 0.717) is 0 Å². The van der Waals surface area contributed by atoms with E-state index in [2.05, 4.69) is 34.6 Å². The Balaban J connectivity index is 0. The fourth-order valence-electron chi connectivity index (χ4n) is 5.08. The van der Waals surface area contributed by atoms with Crippen LogP contribution in [0.3, 0.4) is 0 Å². The van der Waals surface area contributed by atoms with Crippen LogP contribution in [-0.4, -0.2) is 4.87 Å². The molecule has 0 aliphatic heterocycles. The normalized spacial score (nSPS) is 13.6. The smallest absolute Gasteiger partial charge is 0.0444 e. The first-order valence-corrected chi connectivity index (χ1v) is 15.4. The van der Waals surface area contributed by atoms with Crippen molar-refractivity contribution in [3.8, 4) is 0 Å². The molecule has 1 atom stereocenters. The Morgan fingerprint density at radius 2 is 0.606 bits per heavy atom. The van der Waals surface area contributed by atoms with Crippen LogP contribution in [0.1, 0.15) is 189 Å². The van der Waals surface area contributed by atoms with Gasteiger partial charge < -0.3 is 6.15 Å². The Kier molecular flexibility index (Phi) is 25.7. The average Bonchev–Trinajstić information content (AvgIpc) is 2.75. The van der Waals surface area contributed by atoms with Gasteiger partial charge >= 0.3 is 0 Å². The summed E-state index contributed by atoms with van der Waals surface area (Å²) in [6.45, 7) is 11.6. The first kappa shape index (κ1) is 35.4. The highest BCUT2D eigenvalue weighted by Crippen LogP contribution is 2.45. The fourth-order valence-corrected chi connectivity index (χ4v) is 5.27. The molecule has 0 aliphatic rings. The van der Waals surface area contributed by atoms with Crippen molar-refractivity contribution < 1.29 is 0 Å². The third-order valence-electron chi connectivity index (χ3n) is 8.10. The van der Waals surface area contributed by atoms with E-state index >= 15 is 0 Å². The van der Waals surface area contributed by atoms with Crippen LogP contribution >= 0.6 is 11.6 Å². The molecule has 1 nitrogen and oxygen atoms in total. The molecule has 0 saturated heterocycles. The van der Waals surface area contributed by atoms with Crippen molar-refractivity contribution >= 4 is 11.6 Å². The second kappa shape index (κ2) is 24.0. The molecule has 0 aliphatic carbocycles. The summed E-state index contributed by atoms with van der Waals surface area (Å²) in [4.78, 5) is -0.0932. The second-order valence-corrected chi connectivity index (χ2v) is 12.5. The molecule has 0 bridgehead atoms. The lowest BCUT2D eigenvalue weighted by Crippen LogP contribution is -2.36. The molecule has 0 heterocycles. The zero-order valence-electron chi connectivity index (χ0n) is 24.1. The summed E-state index contributed by atoms with van der Waals surface area (Å²) in [5, 5.41) is 0. The maximum Gasteiger partial charge on any atom is 0.0444 e. The number of rotatable bonds is 25. The number of unbranched alkanes of at least 4 members (excludes halogenated alkanes) is 20. The molecule has 2 heteroatoms. The fraction of sp³-hybridized carbons (Fsp3) is 1.00. The van der Waals surface area contributed by atoms with Crippen molar-refractivity contribution in [2.45, 2.75) is 194 Å². The monoisotopic (exact) mass is 487 g/mol. The molecular weight excluding hydrogens is 422 g/mol. The molecule has 0 spiro atoms. The quantitative estimate of drug-likeness (QED) is 0.101. The van der Waals surface area contributed by atoms with Crippen molar-refractivity contribution in [3.05, 3.63) is 0 Å². The summed E-state index contributed by atoms with van der Waals surface area (Å²) in [6.07, 6.45) is 33.9. The van der Waals surface area contributed by atoms with E-state index < -0.39 is 0 Å². The van der Waals surface area contributed by atoms with Crippen LogP contribution in [0.15, 0.2) is 0 Å². The molecule has 0 fully saturated rings. The lowest BCUT2D eigenvalue weighted by Gasteiger charge is -2.40. The Morgan fingerprint density at radius 3 is 0.818 bits per heavy atom. The molecule has 0 radical (unpaired) electrons. The van der Waals surface area contributed by atoms with Gasteiger partial charge in [-0.3, -0.25) is 0 Å². The summed E-state index contributed by atoms with van der Waals surface area (Å²) >= 11 is 6.91. The van der Waals surface area contributed by atoms with Crippen LogP contribution in [-0.2, 0) is 0 Å². The van der Waals surface area contributed by atoms with Crippen molar-refractivity contribution in [1.29, 1.82) is 0 Å². The van der Waals surface area contributed by atoms with E-state index in [1.807, 2.05) is 0 Å². The van der Waals surface area contributed by atoms with Crippen LogP contribution in [0.25, 0.3) is 0 Å². The highest BCUT2D eigenvalue weighted by atomic mass is 35.5. The Bertz CT molecular complexity index is 376. The van der Waals surface area contributed by atoms with E-state index in [1.165, 1.54) is 154 Å². The SMILES string of the molecule is CCCCCCCCCCCCCCC(C)(CCCCCCCCCCCC)C(C)(C)Cl.N.